The Balaban J connectivity index is 1.92. The molecule has 2 bridgehead atoms. The van der Waals surface area contributed by atoms with Crippen molar-refractivity contribution in [2.24, 2.45) is 0 Å². The van der Waals surface area contributed by atoms with Crippen LogP contribution in [-0.2, 0) is 0 Å². The number of rotatable bonds is 1. The van der Waals surface area contributed by atoms with E-state index in [2.05, 4.69) is 22.9 Å². The van der Waals surface area contributed by atoms with Crippen LogP contribution in [0.4, 0.5) is 17.1 Å². The molecule has 3 fully saturated rings. The highest BCUT2D eigenvalue weighted by Crippen LogP contribution is 2.40. The van der Waals surface area contributed by atoms with Gasteiger partial charge in [-0.05, 0) is 25.6 Å². The molecule has 0 spiro atoms. The molecule has 3 saturated heterocycles. The average Bonchev–Trinajstić information content (AvgIpc) is 2.24. The molecule has 1 aromatic carbocycles. The fourth-order valence-corrected chi connectivity index (χ4v) is 3.01. The van der Waals surface area contributed by atoms with Crippen molar-refractivity contribution < 1.29 is 0 Å². The number of piperidine rings is 1. The van der Waals surface area contributed by atoms with E-state index in [-0.39, 0.29) is 0 Å². The van der Waals surface area contributed by atoms with Crippen LogP contribution in [0, 0.1) is 0 Å². The first-order chi connectivity index (χ1) is 7.66. The van der Waals surface area contributed by atoms with Gasteiger partial charge in [-0.25, -0.2) is 0 Å². The highest BCUT2D eigenvalue weighted by molar-refractivity contribution is 5.80. The Hall–Kier alpha value is -1.42. The molecule has 0 aromatic heterocycles. The standard InChI is InChI=1S/C12H18N4/c1-15-6-8-5-9(7-15)16(8)11-4-2-3-10(13)12(11)14/h2-4,8-9H,5-7,13-14H2,1H3. The van der Waals surface area contributed by atoms with Gasteiger partial charge < -0.3 is 21.3 Å². The number of para-hydroxylation sites is 1. The molecule has 3 heterocycles. The Morgan fingerprint density at radius 1 is 1.19 bits per heavy atom. The third-order valence-corrected chi connectivity index (χ3v) is 3.77. The van der Waals surface area contributed by atoms with Crippen LogP contribution in [-0.4, -0.2) is 37.1 Å². The molecule has 2 unspecified atom stereocenters. The van der Waals surface area contributed by atoms with Gasteiger partial charge >= 0.3 is 0 Å². The Morgan fingerprint density at radius 3 is 2.56 bits per heavy atom. The van der Waals surface area contributed by atoms with Gasteiger partial charge in [-0.2, -0.15) is 0 Å². The van der Waals surface area contributed by atoms with E-state index in [4.69, 9.17) is 11.5 Å². The van der Waals surface area contributed by atoms with Gasteiger partial charge in [0.25, 0.3) is 0 Å². The summed E-state index contributed by atoms with van der Waals surface area (Å²) in [5.41, 5.74) is 14.5. The molecule has 4 rings (SSSR count). The number of piperazine rings is 1. The van der Waals surface area contributed by atoms with Crippen LogP contribution in [0.15, 0.2) is 18.2 Å². The van der Waals surface area contributed by atoms with Crippen molar-refractivity contribution >= 4 is 17.1 Å². The largest absolute Gasteiger partial charge is 0.397 e. The van der Waals surface area contributed by atoms with Gasteiger partial charge in [-0.1, -0.05) is 6.07 Å². The van der Waals surface area contributed by atoms with E-state index in [1.165, 1.54) is 6.42 Å². The molecule has 4 N–H and O–H groups in total. The molecule has 0 saturated carbocycles. The predicted molar refractivity (Wildman–Crippen MR) is 67.4 cm³/mol. The van der Waals surface area contributed by atoms with Crippen LogP contribution >= 0.6 is 0 Å². The number of benzene rings is 1. The minimum absolute atomic E-state index is 0.618. The van der Waals surface area contributed by atoms with Crippen molar-refractivity contribution in [1.29, 1.82) is 0 Å². The van der Waals surface area contributed by atoms with Gasteiger partial charge in [0.15, 0.2) is 0 Å². The minimum atomic E-state index is 0.618. The summed E-state index contributed by atoms with van der Waals surface area (Å²) < 4.78 is 0. The van der Waals surface area contributed by atoms with Crippen molar-refractivity contribution in [2.75, 3.05) is 36.5 Å². The van der Waals surface area contributed by atoms with Gasteiger partial charge in [0, 0.05) is 25.2 Å². The van der Waals surface area contributed by atoms with Crippen molar-refractivity contribution in [1.82, 2.24) is 4.90 Å². The summed E-state index contributed by atoms with van der Waals surface area (Å²) in [6.07, 6.45) is 1.29. The number of fused-ring (bicyclic) bond motifs is 2. The molecule has 16 heavy (non-hydrogen) atoms. The molecule has 0 amide bonds. The van der Waals surface area contributed by atoms with Crippen LogP contribution in [0.1, 0.15) is 6.42 Å². The zero-order chi connectivity index (χ0) is 11.3. The number of likely N-dealkylation sites (N-methyl/N-ethyl adjacent to an activating group) is 1. The molecule has 4 nitrogen and oxygen atoms in total. The summed E-state index contributed by atoms with van der Waals surface area (Å²) in [4.78, 5) is 4.82. The summed E-state index contributed by atoms with van der Waals surface area (Å²) in [6, 6.07) is 7.16. The number of anilines is 3. The minimum Gasteiger partial charge on any atom is -0.397 e. The number of nitrogens with zero attached hydrogens (tertiary/aromatic N) is 2. The molecular weight excluding hydrogens is 200 g/mol. The molecule has 3 aliphatic heterocycles. The van der Waals surface area contributed by atoms with E-state index in [1.807, 2.05) is 12.1 Å². The van der Waals surface area contributed by atoms with E-state index in [1.54, 1.807) is 0 Å². The Morgan fingerprint density at radius 2 is 1.88 bits per heavy atom. The van der Waals surface area contributed by atoms with Gasteiger partial charge in [0.2, 0.25) is 0 Å². The van der Waals surface area contributed by atoms with E-state index in [0.29, 0.717) is 17.8 Å². The topological polar surface area (TPSA) is 58.5 Å². The van der Waals surface area contributed by atoms with E-state index < -0.39 is 0 Å². The maximum atomic E-state index is 6.05. The molecule has 2 atom stereocenters. The Labute approximate surface area is 95.8 Å². The van der Waals surface area contributed by atoms with Crippen molar-refractivity contribution in [3.05, 3.63) is 18.2 Å². The lowest BCUT2D eigenvalue weighted by Crippen LogP contribution is -2.68. The molecule has 3 aliphatic rings. The lowest BCUT2D eigenvalue weighted by molar-refractivity contribution is 0.140. The molecule has 86 valence electrons. The van der Waals surface area contributed by atoms with Gasteiger partial charge in [0.05, 0.1) is 17.1 Å². The summed E-state index contributed by atoms with van der Waals surface area (Å²) in [5, 5.41) is 0. The second-order valence-corrected chi connectivity index (χ2v) is 4.95. The first kappa shape index (κ1) is 9.78. The fourth-order valence-electron chi connectivity index (χ4n) is 3.01. The summed E-state index contributed by atoms with van der Waals surface area (Å²) in [7, 11) is 2.18. The van der Waals surface area contributed by atoms with Crippen LogP contribution in [0.5, 0.6) is 0 Å². The normalized spacial score (nSPS) is 28.9. The zero-order valence-corrected chi connectivity index (χ0v) is 9.56. The summed E-state index contributed by atoms with van der Waals surface area (Å²) in [6.45, 7) is 2.26. The maximum Gasteiger partial charge on any atom is 0.0785 e. The van der Waals surface area contributed by atoms with Crippen LogP contribution in [0.2, 0.25) is 0 Å². The number of hydrogen-bond acceptors (Lipinski definition) is 4. The molecular formula is C12H18N4. The second kappa shape index (κ2) is 3.28. The first-order valence-electron chi connectivity index (χ1n) is 5.77. The average molecular weight is 218 g/mol. The fraction of sp³-hybridized carbons (Fsp3) is 0.500. The second-order valence-electron chi connectivity index (χ2n) is 4.95. The van der Waals surface area contributed by atoms with Crippen molar-refractivity contribution in [3.8, 4) is 0 Å². The van der Waals surface area contributed by atoms with Crippen LogP contribution in [0.3, 0.4) is 0 Å². The number of nitrogens with two attached hydrogens (primary N) is 2. The third-order valence-electron chi connectivity index (χ3n) is 3.77. The molecule has 1 aromatic rings. The Kier molecular flexibility index (Phi) is 2.01. The van der Waals surface area contributed by atoms with E-state index in [0.717, 1.165) is 24.5 Å². The third kappa shape index (κ3) is 1.26. The van der Waals surface area contributed by atoms with Crippen LogP contribution in [0.25, 0.3) is 0 Å². The highest BCUT2D eigenvalue weighted by Gasteiger charge is 2.44. The smallest absolute Gasteiger partial charge is 0.0785 e. The van der Waals surface area contributed by atoms with Gasteiger partial charge in [-0.15, -0.1) is 0 Å². The molecule has 0 radical (unpaired) electrons. The lowest BCUT2D eigenvalue weighted by atomic mass is 9.86. The Bertz CT molecular complexity index is 405. The maximum absolute atomic E-state index is 6.05. The van der Waals surface area contributed by atoms with E-state index in [9.17, 15) is 0 Å². The van der Waals surface area contributed by atoms with Crippen molar-refractivity contribution in [3.63, 3.8) is 0 Å². The lowest BCUT2D eigenvalue weighted by Gasteiger charge is -2.57. The van der Waals surface area contributed by atoms with Gasteiger partial charge in [0.1, 0.15) is 0 Å². The monoisotopic (exact) mass is 218 g/mol. The summed E-state index contributed by atoms with van der Waals surface area (Å²) >= 11 is 0. The van der Waals surface area contributed by atoms with Gasteiger partial charge in [-0.3, -0.25) is 0 Å². The molecule has 4 heteroatoms. The van der Waals surface area contributed by atoms with E-state index >= 15 is 0 Å². The number of nitrogen functional groups attached to an aromatic ring is 2. The zero-order valence-electron chi connectivity index (χ0n) is 9.56. The summed E-state index contributed by atoms with van der Waals surface area (Å²) in [5.74, 6) is 0. The SMILES string of the molecule is CN1CC2CC(C1)N2c1cccc(N)c1N. The quantitative estimate of drug-likeness (QED) is 0.683. The first-order valence-corrected chi connectivity index (χ1v) is 5.77. The van der Waals surface area contributed by atoms with Crippen LogP contribution < -0.4 is 16.4 Å². The highest BCUT2D eigenvalue weighted by atomic mass is 15.4. The van der Waals surface area contributed by atoms with Crippen molar-refractivity contribution in [2.45, 2.75) is 18.5 Å². The number of hydrogen-bond donors (Lipinski definition) is 2. The predicted octanol–water partition coefficient (Wildman–Crippen LogP) is 0.744. The molecule has 0 aliphatic carbocycles.